The van der Waals surface area contributed by atoms with E-state index in [1.165, 1.54) is 6.07 Å². The van der Waals surface area contributed by atoms with E-state index in [-0.39, 0.29) is 11.7 Å². The maximum Gasteiger partial charge on any atom is 0.306 e. The zero-order valence-corrected chi connectivity index (χ0v) is 14.4. The SMILES string of the molecule is C[C@H](N[C@H](C)C(=O)Nc1ccc(F)c([N+](=O)[O-])c1)c1ccccc1Cl. The highest BCUT2D eigenvalue weighted by Gasteiger charge is 2.20. The van der Waals surface area contributed by atoms with Crippen molar-refractivity contribution in [1.29, 1.82) is 0 Å². The normalized spacial score (nSPS) is 13.1. The minimum atomic E-state index is -0.957. The Labute approximate surface area is 149 Å². The molecule has 2 rings (SSSR count). The number of nitrogens with zero attached hydrogens (tertiary/aromatic N) is 1. The molecule has 0 aromatic heterocycles. The first-order valence-electron chi connectivity index (χ1n) is 7.55. The Balaban J connectivity index is 2.04. The van der Waals surface area contributed by atoms with Crippen LogP contribution in [0.2, 0.25) is 5.02 Å². The van der Waals surface area contributed by atoms with E-state index in [9.17, 15) is 19.3 Å². The van der Waals surface area contributed by atoms with E-state index >= 15 is 0 Å². The van der Waals surface area contributed by atoms with Gasteiger partial charge in [-0.3, -0.25) is 20.2 Å². The molecule has 2 aromatic rings. The highest BCUT2D eigenvalue weighted by Crippen LogP contribution is 2.23. The molecule has 0 radical (unpaired) electrons. The fourth-order valence-electron chi connectivity index (χ4n) is 2.35. The summed E-state index contributed by atoms with van der Waals surface area (Å²) < 4.78 is 13.3. The van der Waals surface area contributed by atoms with E-state index in [2.05, 4.69) is 10.6 Å². The summed E-state index contributed by atoms with van der Waals surface area (Å²) in [4.78, 5) is 22.2. The van der Waals surface area contributed by atoms with Crippen molar-refractivity contribution in [1.82, 2.24) is 5.32 Å². The van der Waals surface area contributed by atoms with Crippen LogP contribution in [0.25, 0.3) is 0 Å². The third-order valence-electron chi connectivity index (χ3n) is 3.68. The van der Waals surface area contributed by atoms with Gasteiger partial charge < -0.3 is 5.32 Å². The third kappa shape index (κ3) is 4.74. The van der Waals surface area contributed by atoms with Crippen LogP contribution in [0.15, 0.2) is 42.5 Å². The first kappa shape index (κ1) is 18.8. The molecule has 6 nitrogen and oxygen atoms in total. The summed E-state index contributed by atoms with van der Waals surface area (Å²) in [7, 11) is 0. The average molecular weight is 366 g/mol. The van der Waals surface area contributed by atoms with Crippen molar-refractivity contribution >= 4 is 28.9 Å². The molecule has 132 valence electrons. The predicted molar refractivity (Wildman–Crippen MR) is 94.1 cm³/mol. The molecule has 2 atom stereocenters. The Kier molecular flexibility index (Phi) is 6.06. The van der Waals surface area contributed by atoms with Crippen LogP contribution in [-0.2, 0) is 4.79 Å². The molecule has 0 aliphatic carbocycles. The average Bonchev–Trinajstić information content (AvgIpc) is 2.56. The fourth-order valence-corrected chi connectivity index (χ4v) is 2.65. The van der Waals surface area contributed by atoms with Gasteiger partial charge in [0, 0.05) is 22.8 Å². The van der Waals surface area contributed by atoms with Gasteiger partial charge in [-0.1, -0.05) is 29.8 Å². The quantitative estimate of drug-likeness (QED) is 0.597. The largest absolute Gasteiger partial charge is 0.324 e. The van der Waals surface area contributed by atoms with E-state index in [0.717, 1.165) is 17.7 Å². The third-order valence-corrected chi connectivity index (χ3v) is 4.02. The number of halogens is 2. The van der Waals surface area contributed by atoms with Crippen molar-refractivity contribution in [2.45, 2.75) is 25.9 Å². The van der Waals surface area contributed by atoms with Crippen molar-refractivity contribution in [3.63, 3.8) is 0 Å². The number of amides is 1. The fraction of sp³-hybridized carbons (Fsp3) is 0.235. The number of nitrogens with one attached hydrogen (secondary N) is 2. The second kappa shape index (κ2) is 8.04. The standard InChI is InChI=1S/C17H17ClFN3O3/c1-10(13-5-3-4-6-14(13)18)20-11(2)17(23)21-12-7-8-15(19)16(9-12)22(24)25/h3-11,20H,1-2H3,(H,21,23)/t10-,11+/m0/s1. The molecule has 0 saturated heterocycles. The summed E-state index contributed by atoms with van der Waals surface area (Å²) in [5, 5.41) is 17.0. The Morgan fingerprint density at radius 1 is 1.24 bits per heavy atom. The number of nitro benzene ring substituents is 1. The lowest BCUT2D eigenvalue weighted by atomic mass is 10.1. The van der Waals surface area contributed by atoms with Crippen LogP contribution >= 0.6 is 11.6 Å². The molecular formula is C17H17ClFN3O3. The summed E-state index contributed by atoms with van der Waals surface area (Å²) in [5.41, 5.74) is 0.307. The van der Waals surface area contributed by atoms with Crippen LogP contribution in [0.3, 0.4) is 0 Å². The summed E-state index contributed by atoms with van der Waals surface area (Å²) >= 11 is 6.13. The zero-order valence-electron chi connectivity index (χ0n) is 13.6. The topological polar surface area (TPSA) is 84.3 Å². The number of hydrogen-bond acceptors (Lipinski definition) is 4. The van der Waals surface area contributed by atoms with Gasteiger partial charge in [-0.05, 0) is 37.6 Å². The van der Waals surface area contributed by atoms with Gasteiger partial charge in [0.1, 0.15) is 0 Å². The van der Waals surface area contributed by atoms with E-state index in [0.29, 0.717) is 5.02 Å². The first-order valence-corrected chi connectivity index (χ1v) is 7.92. The smallest absolute Gasteiger partial charge is 0.306 e. The molecule has 1 amide bonds. The highest BCUT2D eigenvalue weighted by molar-refractivity contribution is 6.31. The van der Waals surface area contributed by atoms with Crippen LogP contribution in [0.5, 0.6) is 0 Å². The Morgan fingerprint density at radius 2 is 1.92 bits per heavy atom. The minimum absolute atomic E-state index is 0.150. The molecule has 0 bridgehead atoms. The molecule has 0 unspecified atom stereocenters. The highest BCUT2D eigenvalue weighted by atomic mass is 35.5. The molecule has 0 aliphatic rings. The van der Waals surface area contributed by atoms with Crippen LogP contribution < -0.4 is 10.6 Å². The maximum absolute atomic E-state index is 13.3. The van der Waals surface area contributed by atoms with Gasteiger partial charge >= 0.3 is 5.69 Å². The van der Waals surface area contributed by atoms with Crippen molar-refractivity contribution < 1.29 is 14.1 Å². The van der Waals surface area contributed by atoms with Gasteiger partial charge in [-0.15, -0.1) is 0 Å². The van der Waals surface area contributed by atoms with Crippen molar-refractivity contribution in [2.24, 2.45) is 0 Å². The molecule has 2 N–H and O–H groups in total. The lowest BCUT2D eigenvalue weighted by molar-refractivity contribution is -0.387. The van der Waals surface area contributed by atoms with Crippen LogP contribution in [0, 0.1) is 15.9 Å². The summed E-state index contributed by atoms with van der Waals surface area (Å²) in [6.45, 7) is 3.52. The van der Waals surface area contributed by atoms with Gasteiger partial charge in [-0.2, -0.15) is 4.39 Å². The first-order chi connectivity index (χ1) is 11.8. The van der Waals surface area contributed by atoms with Gasteiger partial charge in [0.2, 0.25) is 11.7 Å². The molecule has 0 spiro atoms. The number of rotatable bonds is 6. The number of anilines is 1. The Hall–Kier alpha value is -2.51. The maximum atomic E-state index is 13.3. The van der Waals surface area contributed by atoms with Gasteiger partial charge in [0.05, 0.1) is 11.0 Å². The molecule has 8 heteroatoms. The van der Waals surface area contributed by atoms with Gasteiger partial charge in [-0.25, -0.2) is 0 Å². The lowest BCUT2D eigenvalue weighted by Gasteiger charge is -2.20. The van der Waals surface area contributed by atoms with E-state index in [4.69, 9.17) is 11.6 Å². The number of nitro groups is 1. The van der Waals surface area contributed by atoms with E-state index in [1.807, 2.05) is 25.1 Å². The van der Waals surface area contributed by atoms with Crippen LogP contribution in [0.1, 0.15) is 25.5 Å². The lowest BCUT2D eigenvalue weighted by Crippen LogP contribution is -2.39. The van der Waals surface area contributed by atoms with E-state index in [1.54, 1.807) is 13.0 Å². The molecular weight excluding hydrogens is 349 g/mol. The minimum Gasteiger partial charge on any atom is -0.324 e. The van der Waals surface area contributed by atoms with Gasteiger partial charge in [0.15, 0.2) is 0 Å². The summed E-state index contributed by atoms with van der Waals surface area (Å²) in [5.74, 6) is -1.36. The number of carbonyl (C=O) groups is 1. The van der Waals surface area contributed by atoms with Crippen molar-refractivity contribution in [3.05, 3.63) is 69.0 Å². The zero-order chi connectivity index (χ0) is 18.6. The van der Waals surface area contributed by atoms with Crippen LogP contribution in [-0.4, -0.2) is 16.9 Å². The number of carbonyl (C=O) groups excluding carboxylic acids is 1. The van der Waals surface area contributed by atoms with Crippen LogP contribution in [0.4, 0.5) is 15.8 Å². The second-order valence-electron chi connectivity index (χ2n) is 5.54. The van der Waals surface area contributed by atoms with Crippen molar-refractivity contribution in [2.75, 3.05) is 5.32 Å². The van der Waals surface area contributed by atoms with E-state index < -0.39 is 28.4 Å². The van der Waals surface area contributed by atoms with Gasteiger partial charge in [0.25, 0.3) is 0 Å². The van der Waals surface area contributed by atoms with Crippen molar-refractivity contribution in [3.8, 4) is 0 Å². The molecule has 25 heavy (non-hydrogen) atoms. The Bertz CT molecular complexity index is 800. The molecule has 0 heterocycles. The predicted octanol–water partition coefficient (Wildman–Crippen LogP) is 4.07. The number of hydrogen-bond donors (Lipinski definition) is 2. The Morgan fingerprint density at radius 3 is 2.56 bits per heavy atom. The molecule has 0 aliphatic heterocycles. The molecule has 2 aromatic carbocycles. The summed E-state index contributed by atoms with van der Waals surface area (Å²) in [6, 6.07) is 9.69. The monoisotopic (exact) mass is 365 g/mol. The molecule has 0 saturated carbocycles. The second-order valence-corrected chi connectivity index (χ2v) is 5.95. The molecule has 0 fully saturated rings. The number of benzene rings is 2. The summed E-state index contributed by atoms with van der Waals surface area (Å²) in [6.07, 6.45) is 0.